The van der Waals surface area contributed by atoms with Gasteiger partial charge < -0.3 is 5.32 Å². The predicted octanol–water partition coefficient (Wildman–Crippen LogP) is 4.24. The number of aliphatic imine (C=N–C) groups is 2. The third-order valence-electron chi connectivity index (χ3n) is 5.14. The van der Waals surface area contributed by atoms with E-state index in [-0.39, 0.29) is 23.5 Å². The van der Waals surface area contributed by atoms with Crippen LogP contribution in [-0.4, -0.2) is 39.5 Å². The molecule has 4 rings (SSSR count). The van der Waals surface area contributed by atoms with Crippen molar-refractivity contribution in [2.24, 2.45) is 15.9 Å². The fourth-order valence-electron chi connectivity index (χ4n) is 3.57. The molecule has 7 heteroatoms. The summed E-state index contributed by atoms with van der Waals surface area (Å²) in [5.74, 6) is 0.652. The quantitative estimate of drug-likeness (QED) is 0.786. The summed E-state index contributed by atoms with van der Waals surface area (Å²) in [6.07, 6.45) is 0.839. The normalized spacial score (nSPS) is 17.4. The number of rotatable bonds is 5. The number of aryl methyl sites for hydroxylation is 1. The number of nitrogens with zero attached hydrogens (tertiary/aromatic N) is 3. The van der Waals surface area contributed by atoms with Crippen LogP contribution in [0.1, 0.15) is 31.9 Å². The Kier molecular flexibility index (Phi) is 5.72. The number of hydrogen-bond donors (Lipinski definition) is 1. The average Bonchev–Trinajstić information content (AvgIpc) is 3.10. The highest BCUT2D eigenvalue weighted by Crippen LogP contribution is 2.34. The summed E-state index contributed by atoms with van der Waals surface area (Å²) in [6.45, 7) is 6.03. The lowest BCUT2D eigenvalue weighted by Gasteiger charge is -2.25. The number of thioether (sulfide) groups is 1. The van der Waals surface area contributed by atoms with Crippen LogP contribution in [0.15, 0.2) is 58.5 Å². The van der Waals surface area contributed by atoms with E-state index in [1.54, 1.807) is 4.90 Å². The number of carbonyl (C=O) groups is 2. The van der Waals surface area contributed by atoms with Gasteiger partial charge in [0.25, 0.3) is 5.91 Å². The third kappa shape index (κ3) is 3.77. The van der Waals surface area contributed by atoms with Crippen LogP contribution in [0.5, 0.6) is 0 Å². The van der Waals surface area contributed by atoms with E-state index in [0.717, 1.165) is 28.9 Å². The molecule has 2 amide bonds. The smallest absolute Gasteiger partial charge is 0.259 e. The van der Waals surface area contributed by atoms with Crippen molar-refractivity contribution < 1.29 is 9.59 Å². The van der Waals surface area contributed by atoms with Crippen molar-refractivity contribution in [1.82, 2.24) is 4.90 Å². The van der Waals surface area contributed by atoms with E-state index in [4.69, 9.17) is 4.99 Å². The standard InChI is InChI=1S/C23H24N4O2S/c1-4-15-9-5-7-11-17(15)24-19(28)13-30-23-25-18-12-8-6-10-16(18)21-26-20(14(2)3)22(29)27(21)23/h5-12,14,20H,4,13H2,1-3H3,(H,24,28)/t20-/m0/s1. The van der Waals surface area contributed by atoms with Crippen molar-refractivity contribution >= 4 is 46.0 Å². The zero-order valence-electron chi connectivity index (χ0n) is 17.3. The molecule has 0 radical (unpaired) electrons. The highest BCUT2D eigenvalue weighted by molar-refractivity contribution is 8.14. The van der Waals surface area contributed by atoms with Crippen molar-refractivity contribution in [3.8, 4) is 0 Å². The first kappa shape index (κ1) is 20.3. The van der Waals surface area contributed by atoms with Gasteiger partial charge in [-0.15, -0.1) is 0 Å². The topological polar surface area (TPSA) is 74.1 Å². The largest absolute Gasteiger partial charge is 0.325 e. The zero-order chi connectivity index (χ0) is 21.3. The highest BCUT2D eigenvalue weighted by atomic mass is 32.2. The van der Waals surface area contributed by atoms with Gasteiger partial charge in [-0.1, -0.05) is 62.9 Å². The Bertz CT molecular complexity index is 1060. The van der Waals surface area contributed by atoms with Crippen molar-refractivity contribution in [3.63, 3.8) is 0 Å². The van der Waals surface area contributed by atoms with E-state index in [2.05, 4.69) is 17.2 Å². The van der Waals surface area contributed by atoms with Crippen LogP contribution >= 0.6 is 11.8 Å². The number of carbonyl (C=O) groups excluding carboxylic acids is 2. The molecule has 0 saturated carbocycles. The molecule has 2 aromatic carbocycles. The predicted molar refractivity (Wildman–Crippen MR) is 122 cm³/mol. The van der Waals surface area contributed by atoms with Gasteiger partial charge in [-0.2, -0.15) is 0 Å². The molecular weight excluding hydrogens is 396 g/mol. The summed E-state index contributed by atoms with van der Waals surface area (Å²) in [6, 6.07) is 15.0. The van der Waals surface area contributed by atoms with E-state index in [1.807, 2.05) is 62.4 Å². The van der Waals surface area contributed by atoms with Crippen LogP contribution in [0, 0.1) is 5.92 Å². The molecule has 2 aliphatic rings. The lowest BCUT2D eigenvalue weighted by Crippen LogP contribution is -2.42. The molecule has 1 atom stereocenters. The second-order valence-corrected chi connectivity index (χ2v) is 8.52. The number of hydrogen-bond acceptors (Lipinski definition) is 5. The Morgan fingerprint density at radius 1 is 1.17 bits per heavy atom. The summed E-state index contributed by atoms with van der Waals surface area (Å²) in [4.78, 5) is 36.6. The molecule has 154 valence electrons. The second-order valence-electron chi connectivity index (χ2n) is 7.57. The molecule has 0 aliphatic carbocycles. The van der Waals surface area contributed by atoms with E-state index < -0.39 is 6.04 Å². The number of anilines is 1. The van der Waals surface area contributed by atoms with Gasteiger partial charge in [0.15, 0.2) is 5.17 Å². The number of para-hydroxylation sites is 2. The summed E-state index contributed by atoms with van der Waals surface area (Å²) in [5, 5.41) is 3.47. The van der Waals surface area contributed by atoms with Gasteiger partial charge in [-0.25, -0.2) is 9.89 Å². The highest BCUT2D eigenvalue weighted by Gasteiger charge is 2.42. The average molecular weight is 421 g/mol. The molecule has 2 heterocycles. The minimum atomic E-state index is -0.429. The minimum absolute atomic E-state index is 0.0857. The van der Waals surface area contributed by atoms with Crippen LogP contribution in [0.4, 0.5) is 11.4 Å². The Morgan fingerprint density at radius 3 is 2.67 bits per heavy atom. The van der Waals surface area contributed by atoms with Crippen molar-refractivity contribution in [3.05, 3.63) is 59.7 Å². The summed E-state index contributed by atoms with van der Waals surface area (Å²) in [5.41, 5.74) is 3.52. The maximum absolute atomic E-state index is 13.0. The Hall–Kier alpha value is -2.93. The van der Waals surface area contributed by atoms with Gasteiger partial charge in [-0.05, 0) is 36.1 Å². The minimum Gasteiger partial charge on any atom is -0.325 e. The van der Waals surface area contributed by atoms with Crippen LogP contribution in [0.3, 0.4) is 0 Å². The van der Waals surface area contributed by atoms with Crippen molar-refractivity contribution in [2.75, 3.05) is 11.1 Å². The molecule has 2 aliphatic heterocycles. The van der Waals surface area contributed by atoms with Gasteiger partial charge in [0.1, 0.15) is 11.9 Å². The molecule has 6 nitrogen and oxygen atoms in total. The maximum atomic E-state index is 13.0. The number of amidine groups is 2. The SMILES string of the molecule is CCc1ccccc1NC(=O)CSC1=Nc2ccccc2C2=N[C@@H](C(C)C)C(=O)N12. The third-order valence-corrected chi connectivity index (χ3v) is 6.07. The molecule has 0 bridgehead atoms. The second kappa shape index (κ2) is 8.44. The van der Waals surface area contributed by atoms with Gasteiger partial charge >= 0.3 is 0 Å². The molecule has 2 aromatic rings. The van der Waals surface area contributed by atoms with E-state index in [9.17, 15) is 9.59 Å². The summed E-state index contributed by atoms with van der Waals surface area (Å²) in [7, 11) is 0. The lowest BCUT2D eigenvalue weighted by atomic mass is 10.1. The molecule has 0 spiro atoms. The van der Waals surface area contributed by atoms with E-state index in [0.29, 0.717) is 11.0 Å². The molecule has 0 fully saturated rings. The van der Waals surface area contributed by atoms with Crippen LogP contribution in [-0.2, 0) is 16.0 Å². The molecule has 0 unspecified atom stereocenters. The summed E-state index contributed by atoms with van der Waals surface area (Å²) >= 11 is 1.26. The Balaban J connectivity index is 1.55. The van der Waals surface area contributed by atoms with Crippen LogP contribution in [0.2, 0.25) is 0 Å². The van der Waals surface area contributed by atoms with E-state index in [1.165, 1.54) is 11.8 Å². The van der Waals surface area contributed by atoms with Crippen LogP contribution < -0.4 is 5.32 Å². The Labute approximate surface area is 180 Å². The van der Waals surface area contributed by atoms with Gasteiger partial charge in [0.2, 0.25) is 5.91 Å². The molecule has 0 saturated heterocycles. The first-order valence-corrected chi connectivity index (χ1v) is 11.1. The molecule has 30 heavy (non-hydrogen) atoms. The summed E-state index contributed by atoms with van der Waals surface area (Å²) < 4.78 is 0. The number of amides is 2. The van der Waals surface area contributed by atoms with Crippen LogP contribution in [0.25, 0.3) is 0 Å². The molecular formula is C23H24N4O2S. The first-order valence-electron chi connectivity index (χ1n) is 10.1. The van der Waals surface area contributed by atoms with Gasteiger partial charge in [-0.3, -0.25) is 14.6 Å². The van der Waals surface area contributed by atoms with E-state index >= 15 is 0 Å². The molecule has 1 N–H and O–H groups in total. The van der Waals surface area contributed by atoms with Crippen molar-refractivity contribution in [2.45, 2.75) is 33.2 Å². The van der Waals surface area contributed by atoms with Crippen molar-refractivity contribution in [1.29, 1.82) is 0 Å². The fourth-order valence-corrected chi connectivity index (χ4v) is 4.37. The number of benzene rings is 2. The monoisotopic (exact) mass is 420 g/mol. The van der Waals surface area contributed by atoms with Gasteiger partial charge in [0.05, 0.1) is 11.4 Å². The molecule has 0 aromatic heterocycles. The number of nitrogens with one attached hydrogen (secondary N) is 1. The Morgan fingerprint density at radius 2 is 1.90 bits per heavy atom. The van der Waals surface area contributed by atoms with Gasteiger partial charge in [0, 0.05) is 11.3 Å². The first-order chi connectivity index (χ1) is 14.5. The lowest BCUT2D eigenvalue weighted by molar-refractivity contribution is -0.125. The fraction of sp³-hybridized carbons (Fsp3) is 0.304. The number of fused-ring (bicyclic) bond motifs is 3. The zero-order valence-corrected chi connectivity index (χ0v) is 18.1. The maximum Gasteiger partial charge on any atom is 0.259 e.